The first-order valence-corrected chi connectivity index (χ1v) is 10.6. The number of rotatable bonds is 4. The maximum absolute atomic E-state index is 12.0. The van der Waals surface area contributed by atoms with Crippen LogP contribution in [0.25, 0.3) is 10.8 Å². The number of fused-ring (bicyclic) bond motifs is 1. The van der Waals surface area contributed by atoms with Crippen molar-refractivity contribution in [3.05, 3.63) is 112 Å². The van der Waals surface area contributed by atoms with E-state index in [0.29, 0.717) is 5.92 Å². The van der Waals surface area contributed by atoms with Crippen LogP contribution < -0.4 is 10.9 Å². The van der Waals surface area contributed by atoms with Crippen LogP contribution in [0.2, 0.25) is 0 Å². The summed E-state index contributed by atoms with van der Waals surface area (Å²) in [5.41, 5.74) is 2.50. The monoisotopic (exact) mass is 395 g/mol. The van der Waals surface area contributed by atoms with Crippen molar-refractivity contribution in [2.24, 2.45) is 5.92 Å². The number of aromatic amines is 1. The van der Waals surface area contributed by atoms with E-state index in [-0.39, 0.29) is 17.6 Å². The summed E-state index contributed by atoms with van der Waals surface area (Å²) < 4.78 is 0. The molecule has 2 heterocycles. The molecule has 0 radical (unpaired) electrons. The standard InChI is InChI=1S/C26H25N3O/c30-24-14-15-27-26(29-24)25-22(12-13-23(28-25)20-7-2-1-3-8-20)17-18-10-11-19-6-4-5-9-21(19)16-18/h1-11,14-16,22-23,25,28H,12-13,17H2,(H,27,29,30). The van der Waals surface area contributed by atoms with Crippen LogP contribution in [0.15, 0.2) is 89.9 Å². The molecule has 150 valence electrons. The number of H-pyrrole nitrogens is 1. The first-order valence-electron chi connectivity index (χ1n) is 10.6. The molecule has 1 aromatic heterocycles. The highest BCUT2D eigenvalue weighted by Gasteiger charge is 2.33. The fourth-order valence-corrected chi connectivity index (χ4v) is 4.67. The molecule has 4 nitrogen and oxygen atoms in total. The predicted octanol–water partition coefficient (Wildman–Crippen LogP) is 4.95. The lowest BCUT2D eigenvalue weighted by Gasteiger charge is -2.37. The van der Waals surface area contributed by atoms with Crippen molar-refractivity contribution in [3.63, 3.8) is 0 Å². The molecule has 0 spiro atoms. The molecule has 0 aliphatic carbocycles. The summed E-state index contributed by atoms with van der Waals surface area (Å²) in [4.78, 5) is 19.5. The zero-order valence-corrected chi connectivity index (χ0v) is 16.8. The van der Waals surface area contributed by atoms with Crippen LogP contribution in [0.4, 0.5) is 0 Å². The van der Waals surface area contributed by atoms with Crippen molar-refractivity contribution in [3.8, 4) is 0 Å². The second-order valence-electron chi connectivity index (χ2n) is 8.15. The third-order valence-electron chi connectivity index (χ3n) is 6.18. The molecule has 3 unspecified atom stereocenters. The molecule has 1 fully saturated rings. The van der Waals surface area contributed by atoms with E-state index in [0.717, 1.165) is 25.1 Å². The Bertz CT molecular complexity index is 1200. The fraction of sp³-hybridized carbons (Fsp3) is 0.231. The van der Waals surface area contributed by atoms with Crippen molar-refractivity contribution in [2.75, 3.05) is 0 Å². The Morgan fingerprint density at radius 3 is 2.50 bits per heavy atom. The zero-order chi connectivity index (χ0) is 20.3. The normalized spacial score (nSPS) is 21.5. The summed E-state index contributed by atoms with van der Waals surface area (Å²) in [6, 6.07) is 27.5. The number of hydrogen-bond donors (Lipinski definition) is 2. The van der Waals surface area contributed by atoms with Crippen LogP contribution in [0.3, 0.4) is 0 Å². The molecule has 0 bridgehead atoms. The summed E-state index contributed by atoms with van der Waals surface area (Å²) in [7, 11) is 0. The van der Waals surface area contributed by atoms with Gasteiger partial charge < -0.3 is 10.3 Å². The molecular formula is C26H25N3O. The van der Waals surface area contributed by atoms with Gasteiger partial charge in [-0.05, 0) is 47.1 Å². The van der Waals surface area contributed by atoms with Gasteiger partial charge in [-0.25, -0.2) is 4.98 Å². The van der Waals surface area contributed by atoms with E-state index >= 15 is 0 Å². The van der Waals surface area contributed by atoms with E-state index in [1.807, 2.05) is 6.07 Å². The number of benzene rings is 3. The lowest BCUT2D eigenvalue weighted by Crippen LogP contribution is -2.39. The summed E-state index contributed by atoms with van der Waals surface area (Å²) in [5.74, 6) is 1.09. The van der Waals surface area contributed by atoms with Crippen molar-refractivity contribution < 1.29 is 0 Å². The molecule has 1 aliphatic rings. The van der Waals surface area contributed by atoms with Gasteiger partial charge in [-0.2, -0.15) is 0 Å². The van der Waals surface area contributed by atoms with Gasteiger partial charge in [-0.15, -0.1) is 0 Å². The largest absolute Gasteiger partial charge is 0.309 e. The third-order valence-corrected chi connectivity index (χ3v) is 6.18. The average Bonchev–Trinajstić information content (AvgIpc) is 2.80. The second-order valence-corrected chi connectivity index (χ2v) is 8.15. The van der Waals surface area contributed by atoms with Crippen LogP contribution in [0.5, 0.6) is 0 Å². The van der Waals surface area contributed by atoms with Gasteiger partial charge in [0.25, 0.3) is 5.56 Å². The molecule has 0 amide bonds. The summed E-state index contributed by atoms with van der Waals surface area (Å²) in [6.45, 7) is 0. The lowest BCUT2D eigenvalue weighted by atomic mass is 9.81. The predicted molar refractivity (Wildman–Crippen MR) is 120 cm³/mol. The van der Waals surface area contributed by atoms with Crippen LogP contribution in [0, 0.1) is 5.92 Å². The smallest absolute Gasteiger partial charge is 0.250 e. The van der Waals surface area contributed by atoms with Gasteiger partial charge in [0.2, 0.25) is 0 Å². The number of nitrogens with one attached hydrogen (secondary N) is 2. The number of aromatic nitrogens is 2. The second kappa shape index (κ2) is 8.25. The maximum Gasteiger partial charge on any atom is 0.250 e. The van der Waals surface area contributed by atoms with Crippen molar-refractivity contribution in [1.82, 2.24) is 15.3 Å². The first-order chi connectivity index (χ1) is 14.8. The molecule has 1 saturated heterocycles. The molecule has 4 heteroatoms. The van der Waals surface area contributed by atoms with E-state index in [1.165, 1.54) is 28.0 Å². The molecule has 3 aromatic carbocycles. The number of nitrogens with zero attached hydrogens (tertiary/aromatic N) is 1. The van der Waals surface area contributed by atoms with Crippen molar-refractivity contribution >= 4 is 10.8 Å². The van der Waals surface area contributed by atoms with Crippen LogP contribution in [0.1, 0.15) is 41.9 Å². The SMILES string of the molecule is O=c1ccnc(C2NC(c3ccccc3)CCC2Cc2ccc3ccccc3c2)[nH]1. The Labute approximate surface area is 176 Å². The summed E-state index contributed by atoms with van der Waals surface area (Å²) in [5, 5.41) is 6.32. The van der Waals surface area contributed by atoms with Crippen molar-refractivity contribution in [1.29, 1.82) is 0 Å². The maximum atomic E-state index is 12.0. The Morgan fingerprint density at radius 1 is 0.867 bits per heavy atom. The van der Waals surface area contributed by atoms with Gasteiger partial charge in [0, 0.05) is 18.3 Å². The highest BCUT2D eigenvalue weighted by atomic mass is 16.1. The molecule has 3 atom stereocenters. The fourth-order valence-electron chi connectivity index (χ4n) is 4.67. The minimum Gasteiger partial charge on any atom is -0.309 e. The molecule has 5 rings (SSSR count). The third kappa shape index (κ3) is 3.91. The zero-order valence-electron chi connectivity index (χ0n) is 16.8. The van der Waals surface area contributed by atoms with Gasteiger partial charge in [-0.1, -0.05) is 72.8 Å². The van der Waals surface area contributed by atoms with Gasteiger partial charge in [0.15, 0.2) is 0 Å². The molecule has 0 saturated carbocycles. The summed E-state index contributed by atoms with van der Waals surface area (Å²) in [6.07, 6.45) is 4.69. The number of hydrogen-bond acceptors (Lipinski definition) is 3. The van der Waals surface area contributed by atoms with Crippen LogP contribution >= 0.6 is 0 Å². The topological polar surface area (TPSA) is 57.8 Å². The van der Waals surface area contributed by atoms with Crippen LogP contribution in [-0.2, 0) is 6.42 Å². The van der Waals surface area contributed by atoms with Crippen LogP contribution in [-0.4, -0.2) is 9.97 Å². The molecular weight excluding hydrogens is 370 g/mol. The van der Waals surface area contributed by atoms with E-state index in [4.69, 9.17) is 0 Å². The first kappa shape index (κ1) is 18.8. The van der Waals surface area contributed by atoms with E-state index < -0.39 is 0 Å². The van der Waals surface area contributed by atoms with E-state index in [1.54, 1.807) is 6.20 Å². The molecule has 30 heavy (non-hydrogen) atoms. The van der Waals surface area contributed by atoms with Gasteiger partial charge in [0.1, 0.15) is 5.82 Å². The summed E-state index contributed by atoms with van der Waals surface area (Å²) >= 11 is 0. The Hall–Kier alpha value is -3.24. The minimum atomic E-state index is -0.104. The molecule has 4 aromatic rings. The van der Waals surface area contributed by atoms with Crippen molar-refractivity contribution in [2.45, 2.75) is 31.3 Å². The number of piperidine rings is 1. The Morgan fingerprint density at radius 2 is 1.67 bits per heavy atom. The van der Waals surface area contributed by atoms with Gasteiger partial charge in [0.05, 0.1) is 6.04 Å². The van der Waals surface area contributed by atoms with E-state index in [9.17, 15) is 4.79 Å². The highest BCUT2D eigenvalue weighted by molar-refractivity contribution is 5.83. The quantitative estimate of drug-likeness (QED) is 0.514. The Kier molecular flexibility index (Phi) is 5.16. The molecule has 1 aliphatic heterocycles. The molecule has 2 N–H and O–H groups in total. The Balaban J connectivity index is 1.45. The van der Waals surface area contributed by atoms with Gasteiger partial charge >= 0.3 is 0 Å². The highest BCUT2D eigenvalue weighted by Crippen LogP contribution is 2.37. The lowest BCUT2D eigenvalue weighted by molar-refractivity contribution is 0.223. The minimum absolute atomic E-state index is 0.00401. The van der Waals surface area contributed by atoms with Gasteiger partial charge in [-0.3, -0.25) is 4.79 Å². The average molecular weight is 396 g/mol. The van der Waals surface area contributed by atoms with E-state index in [2.05, 4.69) is 82.0 Å².